The maximum atomic E-state index is 14.1. The van der Waals surface area contributed by atoms with Gasteiger partial charge < -0.3 is 10.8 Å². The first kappa shape index (κ1) is 13.0. The predicted molar refractivity (Wildman–Crippen MR) is 67.9 cm³/mol. The van der Waals surface area contributed by atoms with Crippen LogP contribution >= 0.6 is 0 Å². The Morgan fingerprint density at radius 1 is 1.56 bits per heavy atom. The number of likely N-dealkylation sites (tertiary alicyclic amines) is 1. The van der Waals surface area contributed by atoms with Gasteiger partial charge >= 0.3 is 0 Å². The summed E-state index contributed by atoms with van der Waals surface area (Å²) in [5, 5.41) is 16.9. The molecule has 1 fully saturated rings. The summed E-state index contributed by atoms with van der Waals surface area (Å²) in [6.07, 6.45) is 1.42. The Balaban J connectivity index is 2.14. The SMILES string of the molecule is N=C(N)c1cccc(CN2CCCC(O)C2)c1F. The van der Waals surface area contributed by atoms with Crippen LogP contribution in [0.25, 0.3) is 0 Å². The molecule has 1 aromatic rings. The molecule has 4 N–H and O–H groups in total. The average Bonchev–Trinajstić information content (AvgIpc) is 2.31. The van der Waals surface area contributed by atoms with Crippen LogP contribution in [0.15, 0.2) is 18.2 Å². The molecule has 1 saturated heterocycles. The van der Waals surface area contributed by atoms with Gasteiger partial charge in [-0.1, -0.05) is 12.1 Å². The normalized spacial score (nSPS) is 20.9. The third-order valence-corrected chi connectivity index (χ3v) is 3.24. The zero-order valence-corrected chi connectivity index (χ0v) is 10.2. The van der Waals surface area contributed by atoms with Crippen LogP contribution in [0.5, 0.6) is 0 Å². The van der Waals surface area contributed by atoms with Gasteiger partial charge in [0.2, 0.25) is 0 Å². The number of halogens is 1. The van der Waals surface area contributed by atoms with Crippen molar-refractivity contribution in [2.45, 2.75) is 25.5 Å². The molecule has 4 nitrogen and oxygen atoms in total. The van der Waals surface area contributed by atoms with Crippen molar-refractivity contribution in [3.05, 3.63) is 35.1 Å². The molecule has 1 aromatic carbocycles. The summed E-state index contributed by atoms with van der Waals surface area (Å²) in [5.41, 5.74) is 6.00. The standard InChI is InChI=1S/C13H18FN3O/c14-12-9(3-1-5-11(12)13(15)16)7-17-6-2-4-10(18)8-17/h1,3,5,10,18H,2,4,6-8H2,(H3,15,16). The first-order chi connectivity index (χ1) is 8.58. The van der Waals surface area contributed by atoms with Crippen molar-refractivity contribution in [3.8, 4) is 0 Å². The van der Waals surface area contributed by atoms with Crippen molar-refractivity contribution in [2.75, 3.05) is 13.1 Å². The number of nitrogens with one attached hydrogen (secondary N) is 1. The molecule has 0 amide bonds. The Labute approximate surface area is 106 Å². The van der Waals surface area contributed by atoms with E-state index in [0.717, 1.165) is 19.4 Å². The number of nitrogens with zero attached hydrogens (tertiary/aromatic N) is 1. The van der Waals surface area contributed by atoms with Crippen molar-refractivity contribution < 1.29 is 9.50 Å². The Morgan fingerprint density at radius 2 is 2.33 bits per heavy atom. The molecule has 1 aliphatic heterocycles. The lowest BCUT2D eigenvalue weighted by Crippen LogP contribution is -2.37. The highest BCUT2D eigenvalue weighted by Gasteiger charge is 2.19. The van der Waals surface area contributed by atoms with Gasteiger partial charge in [0.25, 0.3) is 0 Å². The molecule has 0 bridgehead atoms. The van der Waals surface area contributed by atoms with E-state index in [2.05, 4.69) is 0 Å². The zero-order valence-electron chi connectivity index (χ0n) is 10.2. The minimum Gasteiger partial charge on any atom is -0.392 e. The van der Waals surface area contributed by atoms with Crippen LogP contribution < -0.4 is 5.73 Å². The van der Waals surface area contributed by atoms with Crippen molar-refractivity contribution in [1.82, 2.24) is 4.90 Å². The van der Waals surface area contributed by atoms with Crippen molar-refractivity contribution in [1.29, 1.82) is 5.41 Å². The number of nitrogen functional groups attached to an aromatic ring is 1. The molecule has 18 heavy (non-hydrogen) atoms. The number of aliphatic hydroxyl groups excluding tert-OH is 1. The van der Waals surface area contributed by atoms with E-state index in [4.69, 9.17) is 11.1 Å². The second-order valence-corrected chi connectivity index (χ2v) is 4.72. The predicted octanol–water partition coefficient (Wildman–Crippen LogP) is 1.07. The molecule has 0 radical (unpaired) electrons. The fourth-order valence-electron chi connectivity index (χ4n) is 2.33. The van der Waals surface area contributed by atoms with Gasteiger partial charge in [-0.25, -0.2) is 4.39 Å². The van der Waals surface area contributed by atoms with Crippen LogP contribution in [0.2, 0.25) is 0 Å². The lowest BCUT2D eigenvalue weighted by Gasteiger charge is -2.30. The number of amidine groups is 1. The monoisotopic (exact) mass is 251 g/mol. The van der Waals surface area contributed by atoms with Gasteiger partial charge in [-0.15, -0.1) is 0 Å². The number of hydrogen-bond acceptors (Lipinski definition) is 3. The highest BCUT2D eigenvalue weighted by Crippen LogP contribution is 2.18. The molecule has 1 atom stereocenters. The first-order valence-electron chi connectivity index (χ1n) is 6.10. The molecule has 1 heterocycles. The van der Waals surface area contributed by atoms with E-state index in [1.54, 1.807) is 12.1 Å². The molecule has 0 aliphatic carbocycles. The van der Waals surface area contributed by atoms with Gasteiger partial charge in [-0.2, -0.15) is 0 Å². The van der Waals surface area contributed by atoms with Crippen LogP contribution in [0, 0.1) is 11.2 Å². The Bertz CT molecular complexity index is 450. The van der Waals surface area contributed by atoms with E-state index in [-0.39, 0.29) is 17.5 Å². The number of benzene rings is 1. The number of rotatable bonds is 3. The van der Waals surface area contributed by atoms with Gasteiger partial charge in [0.15, 0.2) is 0 Å². The average molecular weight is 251 g/mol. The maximum absolute atomic E-state index is 14.1. The van der Waals surface area contributed by atoms with Gasteiger partial charge in [-0.05, 0) is 25.5 Å². The van der Waals surface area contributed by atoms with Crippen LogP contribution in [0.3, 0.4) is 0 Å². The summed E-state index contributed by atoms with van der Waals surface area (Å²) >= 11 is 0. The Kier molecular flexibility index (Phi) is 3.93. The van der Waals surface area contributed by atoms with Gasteiger partial charge in [0.1, 0.15) is 11.7 Å². The van der Waals surface area contributed by atoms with Crippen molar-refractivity contribution in [3.63, 3.8) is 0 Å². The molecule has 5 heteroatoms. The van der Waals surface area contributed by atoms with E-state index in [9.17, 15) is 9.50 Å². The topological polar surface area (TPSA) is 73.3 Å². The number of piperidine rings is 1. The highest BCUT2D eigenvalue weighted by atomic mass is 19.1. The van der Waals surface area contributed by atoms with Gasteiger partial charge in [0.05, 0.1) is 11.7 Å². The Morgan fingerprint density at radius 3 is 3.00 bits per heavy atom. The van der Waals surface area contributed by atoms with Crippen LogP contribution in [-0.2, 0) is 6.54 Å². The quantitative estimate of drug-likeness (QED) is 0.555. The van der Waals surface area contributed by atoms with Crippen molar-refractivity contribution >= 4 is 5.84 Å². The van der Waals surface area contributed by atoms with Crippen LogP contribution in [0.4, 0.5) is 4.39 Å². The fourth-order valence-corrected chi connectivity index (χ4v) is 2.33. The number of aliphatic hydroxyl groups is 1. The van der Waals surface area contributed by atoms with Crippen LogP contribution in [-0.4, -0.2) is 35.0 Å². The minimum absolute atomic E-state index is 0.144. The number of nitrogens with two attached hydrogens (primary N) is 1. The van der Waals surface area contributed by atoms with E-state index in [1.807, 2.05) is 4.90 Å². The highest BCUT2D eigenvalue weighted by molar-refractivity contribution is 5.95. The molecule has 98 valence electrons. The summed E-state index contributed by atoms with van der Waals surface area (Å²) in [6, 6.07) is 4.91. The van der Waals surface area contributed by atoms with E-state index in [1.165, 1.54) is 6.07 Å². The Hall–Kier alpha value is -1.46. The molecule has 1 aliphatic rings. The van der Waals surface area contributed by atoms with Gasteiger partial charge in [0, 0.05) is 18.7 Å². The molecule has 0 spiro atoms. The molecule has 0 aromatic heterocycles. The van der Waals surface area contributed by atoms with E-state index < -0.39 is 5.82 Å². The van der Waals surface area contributed by atoms with E-state index in [0.29, 0.717) is 18.7 Å². The smallest absolute Gasteiger partial charge is 0.138 e. The zero-order chi connectivity index (χ0) is 13.1. The second-order valence-electron chi connectivity index (χ2n) is 4.72. The number of hydrogen-bond donors (Lipinski definition) is 3. The molecular weight excluding hydrogens is 233 g/mol. The summed E-state index contributed by atoms with van der Waals surface area (Å²) in [7, 11) is 0. The third-order valence-electron chi connectivity index (χ3n) is 3.24. The molecule has 0 saturated carbocycles. The minimum atomic E-state index is -0.426. The number of β-amino-alcohol motifs (C(OH)–C–C–N with tert-alkyl or cyclic N) is 1. The summed E-state index contributed by atoms with van der Waals surface area (Å²) in [4.78, 5) is 2.02. The molecule has 2 rings (SSSR count). The third kappa shape index (κ3) is 2.86. The first-order valence-corrected chi connectivity index (χ1v) is 6.10. The second kappa shape index (κ2) is 5.46. The summed E-state index contributed by atoms with van der Waals surface area (Å²) in [6.45, 7) is 1.88. The van der Waals surface area contributed by atoms with Crippen molar-refractivity contribution in [2.24, 2.45) is 5.73 Å². The lowest BCUT2D eigenvalue weighted by atomic mass is 10.1. The largest absolute Gasteiger partial charge is 0.392 e. The summed E-state index contributed by atoms with van der Waals surface area (Å²) < 4.78 is 14.1. The molecular formula is C13H18FN3O. The fraction of sp³-hybridized carbons (Fsp3) is 0.462. The molecule has 1 unspecified atom stereocenters. The van der Waals surface area contributed by atoms with E-state index >= 15 is 0 Å². The lowest BCUT2D eigenvalue weighted by molar-refractivity contribution is 0.0662. The summed E-state index contributed by atoms with van der Waals surface area (Å²) in [5.74, 6) is -0.682. The van der Waals surface area contributed by atoms with Crippen LogP contribution in [0.1, 0.15) is 24.0 Å². The van der Waals surface area contributed by atoms with Gasteiger partial charge in [-0.3, -0.25) is 10.3 Å². The maximum Gasteiger partial charge on any atom is 0.138 e.